The molecule has 0 aliphatic rings. The van der Waals surface area contributed by atoms with E-state index in [4.69, 9.17) is 18.9 Å². The summed E-state index contributed by atoms with van der Waals surface area (Å²) in [7, 11) is 1.52. The van der Waals surface area contributed by atoms with E-state index < -0.39 is 6.10 Å². The highest BCUT2D eigenvalue weighted by Crippen LogP contribution is 2.23. The van der Waals surface area contributed by atoms with Crippen LogP contribution in [0.3, 0.4) is 0 Å². The van der Waals surface area contributed by atoms with Crippen LogP contribution in [0.5, 0.6) is 11.5 Å². The third-order valence-corrected chi connectivity index (χ3v) is 5.27. The van der Waals surface area contributed by atoms with E-state index in [-0.39, 0.29) is 5.97 Å². The van der Waals surface area contributed by atoms with E-state index >= 15 is 0 Å². The molecule has 0 aliphatic carbocycles. The van der Waals surface area contributed by atoms with Crippen LogP contribution in [-0.4, -0.2) is 39.0 Å². The van der Waals surface area contributed by atoms with Gasteiger partial charge in [-0.2, -0.15) is 0 Å². The lowest BCUT2D eigenvalue weighted by Gasteiger charge is -2.15. The summed E-state index contributed by atoms with van der Waals surface area (Å²) in [4.78, 5) is 11.9. The zero-order valence-electron chi connectivity index (χ0n) is 19.6. The minimum atomic E-state index is -0.602. The quantitative estimate of drug-likeness (QED) is 0.265. The number of carbonyl (C=O) groups is 1. The minimum absolute atomic E-state index is 0.340. The van der Waals surface area contributed by atoms with Gasteiger partial charge in [0.2, 0.25) is 0 Å². The number of ether oxygens (including phenoxy) is 4. The van der Waals surface area contributed by atoms with Gasteiger partial charge in [0.1, 0.15) is 11.5 Å². The van der Waals surface area contributed by atoms with E-state index in [9.17, 15) is 4.79 Å². The first-order valence-corrected chi connectivity index (χ1v) is 11.3. The molecule has 3 aromatic carbocycles. The van der Waals surface area contributed by atoms with Crippen LogP contribution >= 0.6 is 0 Å². The van der Waals surface area contributed by atoms with Gasteiger partial charge in [0.25, 0.3) is 0 Å². The number of aryl methyl sites for hydroxylation is 1. The Bertz CT molecular complexity index is 999. The molecular weight excluding hydrogens is 416 g/mol. The van der Waals surface area contributed by atoms with Gasteiger partial charge in [0, 0.05) is 20.0 Å². The molecule has 0 spiro atoms. The standard InChI is InChI=1S/C28H32O5/c1-4-31-28(29)27(30-3)20-22-11-16-26(21(2)19-22)33-18-8-17-32-25-14-12-24(13-15-25)23-9-6-5-7-10-23/h5-7,9-16,19,27H,4,8,17-18,20H2,1-3H3/t27-/m0/s1. The lowest BCUT2D eigenvalue weighted by molar-refractivity contribution is -0.154. The predicted molar refractivity (Wildman–Crippen MR) is 130 cm³/mol. The van der Waals surface area contributed by atoms with Crippen molar-refractivity contribution in [1.29, 1.82) is 0 Å². The van der Waals surface area contributed by atoms with Gasteiger partial charge in [-0.15, -0.1) is 0 Å². The van der Waals surface area contributed by atoms with Gasteiger partial charge < -0.3 is 18.9 Å². The maximum absolute atomic E-state index is 11.9. The van der Waals surface area contributed by atoms with Crippen molar-refractivity contribution >= 4 is 5.97 Å². The monoisotopic (exact) mass is 448 g/mol. The van der Waals surface area contributed by atoms with Crippen LogP contribution in [0.2, 0.25) is 0 Å². The Labute approximate surface area is 196 Å². The molecule has 0 fully saturated rings. The van der Waals surface area contributed by atoms with Crippen LogP contribution in [0.1, 0.15) is 24.5 Å². The summed E-state index contributed by atoms with van der Waals surface area (Å²) in [6.45, 7) is 5.26. The molecule has 0 N–H and O–H groups in total. The van der Waals surface area contributed by atoms with E-state index in [0.717, 1.165) is 29.0 Å². The summed E-state index contributed by atoms with van der Waals surface area (Å²) in [5.74, 6) is 1.34. The van der Waals surface area contributed by atoms with E-state index in [1.165, 1.54) is 18.2 Å². The molecule has 174 valence electrons. The average molecular weight is 449 g/mol. The summed E-state index contributed by atoms with van der Waals surface area (Å²) in [6.07, 6.45) is 0.638. The van der Waals surface area contributed by atoms with Gasteiger partial charge in [-0.05, 0) is 54.3 Å². The Balaban J connectivity index is 1.42. The molecule has 0 amide bonds. The van der Waals surface area contributed by atoms with Crippen LogP contribution in [0.4, 0.5) is 0 Å². The zero-order chi connectivity index (χ0) is 23.5. The molecule has 0 unspecified atom stereocenters. The van der Waals surface area contributed by atoms with Gasteiger partial charge in [0.05, 0.1) is 19.8 Å². The highest BCUT2D eigenvalue weighted by atomic mass is 16.6. The van der Waals surface area contributed by atoms with Crippen LogP contribution in [0, 0.1) is 6.92 Å². The fraction of sp³-hybridized carbons (Fsp3) is 0.321. The smallest absolute Gasteiger partial charge is 0.335 e. The molecular formula is C28H32O5. The topological polar surface area (TPSA) is 54.0 Å². The molecule has 1 atom stereocenters. The normalized spacial score (nSPS) is 11.6. The van der Waals surface area contributed by atoms with Crippen LogP contribution in [0.25, 0.3) is 11.1 Å². The molecule has 3 rings (SSSR count). The highest BCUT2D eigenvalue weighted by Gasteiger charge is 2.19. The first-order chi connectivity index (χ1) is 16.1. The van der Waals surface area contributed by atoms with Crippen molar-refractivity contribution in [2.24, 2.45) is 0 Å². The maximum atomic E-state index is 11.9. The minimum Gasteiger partial charge on any atom is -0.493 e. The van der Waals surface area contributed by atoms with Crippen molar-refractivity contribution in [3.05, 3.63) is 83.9 Å². The first-order valence-electron chi connectivity index (χ1n) is 11.3. The Morgan fingerprint density at radius 1 is 0.879 bits per heavy atom. The van der Waals surface area contributed by atoms with Crippen molar-refractivity contribution in [2.45, 2.75) is 32.8 Å². The number of methoxy groups -OCH3 is 1. The molecule has 0 aromatic heterocycles. The predicted octanol–water partition coefficient (Wildman–Crippen LogP) is 5.63. The summed E-state index contributed by atoms with van der Waals surface area (Å²) >= 11 is 0. The van der Waals surface area contributed by atoms with Gasteiger partial charge >= 0.3 is 5.97 Å². The Hall–Kier alpha value is -3.31. The van der Waals surface area contributed by atoms with E-state index in [1.54, 1.807) is 6.92 Å². The second-order valence-corrected chi connectivity index (χ2v) is 7.72. The van der Waals surface area contributed by atoms with Gasteiger partial charge in [0.15, 0.2) is 6.10 Å². The van der Waals surface area contributed by atoms with Crippen LogP contribution in [-0.2, 0) is 20.7 Å². The fourth-order valence-electron chi connectivity index (χ4n) is 3.52. The van der Waals surface area contributed by atoms with Gasteiger partial charge in [-0.3, -0.25) is 0 Å². The zero-order valence-corrected chi connectivity index (χ0v) is 19.6. The largest absolute Gasteiger partial charge is 0.493 e. The lowest BCUT2D eigenvalue weighted by Crippen LogP contribution is -2.27. The molecule has 3 aromatic rings. The number of benzene rings is 3. The number of carbonyl (C=O) groups excluding carboxylic acids is 1. The molecule has 0 heterocycles. The Morgan fingerprint density at radius 3 is 2.24 bits per heavy atom. The molecule has 0 aliphatic heterocycles. The SMILES string of the molecule is CCOC(=O)[C@H](Cc1ccc(OCCCOc2ccc(-c3ccccc3)cc2)c(C)c1)OC. The van der Waals surface area contributed by atoms with Crippen LogP contribution < -0.4 is 9.47 Å². The number of rotatable bonds is 12. The molecule has 0 saturated heterocycles. The van der Waals surface area contributed by atoms with E-state index in [0.29, 0.717) is 26.2 Å². The molecule has 5 nitrogen and oxygen atoms in total. The number of hydrogen-bond donors (Lipinski definition) is 0. The molecule has 0 bridgehead atoms. The van der Waals surface area contributed by atoms with Crippen molar-refractivity contribution in [1.82, 2.24) is 0 Å². The second-order valence-electron chi connectivity index (χ2n) is 7.72. The molecule has 33 heavy (non-hydrogen) atoms. The number of hydrogen-bond acceptors (Lipinski definition) is 5. The van der Waals surface area contributed by atoms with Gasteiger partial charge in [-0.1, -0.05) is 54.6 Å². The van der Waals surface area contributed by atoms with Crippen molar-refractivity contribution in [3.63, 3.8) is 0 Å². The number of esters is 1. The molecule has 0 radical (unpaired) electrons. The molecule has 0 saturated carbocycles. The fourth-order valence-corrected chi connectivity index (χ4v) is 3.52. The Morgan fingerprint density at radius 2 is 1.58 bits per heavy atom. The van der Waals surface area contributed by atoms with Crippen molar-refractivity contribution in [3.8, 4) is 22.6 Å². The highest BCUT2D eigenvalue weighted by molar-refractivity contribution is 5.75. The summed E-state index contributed by atoms with van der Waals surface area (Å²) in [6, 6.07) is 24.3. The van der Waals surface area contributed by atoms with E-state index in [1.807, 2.05) is 55.5 Å². The second kappa shape index (κ2) is 12.7. The summed E-state index contributed by atoms with van der Waals surface area (Å²) < 4.78 is 22.1. The first kappa shape index (κ1) is 24.3. The third kappa shape index (κ3) is 7.36. The maximum Gasteiger partial charge on any atom is 0.335 e. The van der Waals surface area contributed by atoms with Crippen molar-refractivity contribution < 1.29 is 23.7 Å². The Kier molecular flexibility index (Phi) is 9.33. The van der Waals surface area contributed by atoms with E-state index in [2.05, 4.69) is 24.3 Å². The van der Waals surface area contributed by atoms with Crippen LogP contribution in [0.15, 0.2) is 72.8 Å². The van der Waals surface area contributed by atoms with Crippen molar-refractivity contribution in [2.75, 3.05) is 26.9 Å². The lowest BCUT2D eigenvalue weighted by atomic mass is 10.0. The average Bonchev–Trinajstić information content (AvgIpc) is 2.84. The molecule has 5 heteroatoms. The summed E-state index contributed by atoms with van der Waals surface area (Å²) in [5.41, 5.74) is 4.38. The summed E-state index contributed by atoms with van der Waals surface area (Å²) in [5, 5.41) is 0. The van der Waals surface area contributed by atoms with Gasteiger partial charge in [-0.25, -0.2) is 4.79 Å². The third-order valence-electron chi connectivity index (χ3n) is 5.27.